The molecule has 1 heterocycles. The quantitative estimate of drug-likeness (QED) is 0.287. The van der Waals surface area contributed by atoms with Crippen molar-refractivity contribution in [1.29, 1.82) is 0 Å². The van der Waals surface area contributed by atoms with Crippen molar-refractivity contribution >= 4 is 27.4 Å². The van der Waals surface area contributed by atoms with Crippen LogP contribution in [-0.2, 0) is 15.8 Å². The lowest BCUT2D eigenvalue weighted by atomic mass is 9.93. The van der Waals surface area contributed by atoms with Crippen LogP contribution in [0.3, 0.4) is 0 Å². The predicted octanol–water partition coefficient (Wildman–Crippen LogP) is 2.50. The molecule has 1 aromatic heterocycles. The zero-order valence-corrected chi connectivity index (χ0v) is 20.0. The summed E-state index contributed by atoms with van der Waals surface area (Å²) in [5, 5.41) is 31.8. The van der Waals surface area contributed by atoms with Crippen molar-refractivity contribution in [3.8, 4) is 0 Å². The highest BCUT2D eigenvalue weighted by atomic mass is 32.2. The van der Waals surface area contributed by atoms with Crippen molar-refractivity contribution in [1.82, 2.24) is 13.3 Å². The van der Waals surface area contributed by atoms with Crippen molar-refractivity contribution in [3.05, 3.63) is 98.1 Å². The van der Waals surface area contributed by atoms with Gasteiger partial charge in [-0.3, -0.25) is 25.0 Å². The van der Waals surface area contributed by atoms with Crippen molar-refractivity contribution in [2.24, 2.45) is 0 Å². The Morgan fingerprint density at radius 2 is 1.60 bits per heavy atom. The third-order valence-corrected chi connectivity index (χ3v) is 6.52. The first kappa shape index (κ1) is 27.2. The van der Waals surface area contributed by atoms with Crippen molar-refractivity contribution < 1.29 is 28.2 Å². The van der Waals surface area contributed by atoms with Crippen LogP contribution < -0.4 is 0 Å². The molecule has 0 bridgehead atoms. The molecule has 0 saturated heterocycles. The van der Waals surface area contributed by atoms with Crippen molar-refractivity contribution in [2.45, 2.75) is 19.4 Å². The topological polar surface area (TPSA) is 179 Å². The summed E-state index contributed by atoms with van der Waals surface area (Å²) in [5.41, 5.74) is -1.25. The lowest BCUT2D eigenvalue weighted by Crippen LogP contribution is -2.28. The summed E-state index contributed by atoms with van der Waals surface area (Å²) in [6, 6.07) is 11.1. The van der Waals surface area contributed by atoms with Gasteiger partial charge >= 0.3 is 10.2 Å². The summed E-state index contributed by atoms with van der Waals surface area (Å²) in [5.74, 6) is -0.168. The van der Waals surface area contributed by atoms with Gasteiger partial charge in [0.15, 0.2) is 5.78 Å². The number of aromatic nitrogens is 2. The molecule has 0 fully saturated rings. The van der Waals surface area contributed by atoms with E-state index in [2.05, 4.69) is 4.98 Å². The third kappa shape index (κ3) is 6.32. The monoisotopic (exact) mass is 505 g/mol. The van der Waals surface area contributed by atoms with E-state index < -0.39 is 25.7 Å². The van der Waals surface area contributed by atoms with Gasteiger partial charge in [-0.05, 0) is 19.4 Å². The van der Waals surface area contributed by atoms with E-state index in [9.17, 15) is 38.5 Å². The van der Waals surface area contributed by atoms with Crippen LogP contribution in [0.1, 0.15) is 35.5 Å². The maximum atomic E-state index is 12.0. The van der Waals surface area contributed by atoms with E-state index >= 15 is 0 Å². The molecule has 3 aromatic rings. The zero-order chi connectivity index (χ0) is 26.6. The molecule has 1 unspecified atom stereocenters. The van der Waals surface area contributed by atoms with E-state index in [0.717, 1.165) is 14.6 Å². The summed E-state index contributed by atoms with van der Waals surface area (Å²) < 4.78 is 25.9. The van der Waals surface area contributed by atoms with E-state index in [0.29, 0.717) is 5.56 Å². The lowest BCUT2D eigenvalue weighted by Gasteiger charge is -2.21. The molecule has 186 valence electrons. The first-order valence-electron chi connectivity index (χ1n) is 9.88. The highest BCUT2D eigenvalue weighted by Gasteiger charge is 2.31. The first-order chi connectivity index (χ1) is 16.2. The Hall–Kier alpha value is -4.01. The largest absolute Gasteiger partial charge is 0.379 e. The number of Topliss-reactive ketones (excluding diaryl/α,β-unsaturated/α-hetero) is 1. The molecule has 0 aliphatic carbocycles. The smallest absolute Gasteiger partial charge is 0.308 e. The number of nitrogens with zero attached hydrogens (tertiary/aromatic N) is 5. The molecule has 0 saturated carbocycles. The number of nitro groups is 2. The van der Waals surface area contributed by atoms with Crippen LogP contribution in [-0.4, -0.2) is 56.5 Å². The van der Waals surface area contributed by atoms with Crippen LogP contribution in [0.5, 0.6) is 0 Å². The van der Waals surface area contributed by atoms with E-state index in [-0.39, 0.29) is 28.4 Å². The second kappa shape index (κ2) is 10.5. The molecule has 35 heavy (non-hydrogen) atoms. The molecule has 1 N–H and O–H groups in total. The average Bonchev–Trinajstić information content (AvgIpc) is 3.31. The van der Waals surface area contributed by atoms with Gasteiger partial charge in [-0.2, -0.15) is 12.7 Å². The molecule has 1 atom stereocenters. The second-order valence-electron chi connectivity index (χ2n) is 7.62. The summed E-state index contributed by atoms with van der Waals surface area (Å²) in [4.78, 5) is 34.7. The lowest BCUT2D eigenvalue weighted by molar-refractivity contribution is -0.385. The average molecular weight is 506 g/mol. The number of imidazole rings is 1. The van der Waals surface area contributed by atoms with Gasteiger partial charge in [-0.1, -0.05) is 24.3 Å². The highest BCUT2D eigenvalue weighted by Crippen LogP contribution is 2.30. The first-order valence-corrected chi connectivity index (χ1v) is 11.3. The predicted molar refractivity (Wildman–Crippen MR) is 125 cm³/mol. The minimum absolute atomic E-state index is 0.0531. The molecule has 0 spiro atoms. The second-order valence-corrected chi connectivity index (χ2v) is 9.67. The standard InChI is InChI=1S/C13H16N4O5S.C8H7NO3/c1-13(18,10-5-4-6-11(7-10)17(19)20)12-8-16(9-14-12)23(21,22)15(2)3;1-6(10)7-3-2-4-8(5-7)9(11)12/h4-9,18H,1-3H3;2-5H,1H3. The van der Waals surface area contributed by atoms with Crippen LogP contribution in [0.25, 0.3) is 0 Å². The van der Waals surface area contributed by atoms with Gasteiger partial charge in [-0.25, -0.2) is 8.96 Å². The van der Waals surface area contributed by atoms with Gasteiger partial charge in [0.1, 0.15) is 11.9 Å². The Kier molecular flexibility index (Phi) is 8.17. The van der Waals surface area contributed by atoms with Crippen molar-refractivity contribution in [2.75, 3.05) is 14.1 Å². The Labute approximate surface area is 200 Å². The van der Waals surface area contributed by atoms with E-state index in [1.165, 1.54) is 76.6 Å². The molecular formula is C21H23N5O8S. The van der Waals surface area contributed by atoms with Crippen LogP contribution in [0.2, 0.25) is 0 Å². The maximum absolute atomic E-state index is 12.0. The summed E-state index contributed by atoms with van der Waals surface area (Å²) >= 11 is 0. The molecule has 2 aromatic carbocycles. The molecule has 0 amide bonds. The number of nitro benzene ring substituents is 2. The summed E-state index contributed by atoms with van der Waals surface area (Å²) in [6.45, 7) is 2.76. The summed E-state index contributed by atoms with van der Waals surface area (Å²) in [7, 11) is -1.01. The number of carbonyl (C=O) groups is 1. The van der Waals surface area contributed by atoms with Crippen LogP contribution in [0.15, 0.2) is 61.1 Å². The van der Waals surface area contributed by atoms with Crippen molar-refractivity contribution in [3.63, 3.8) is 0 Å². The third-order valence-electron chi connectivity index (χ3n) is 4.87. The Bertz CT molecular complexity index is 1340. The number of benzene rings is 2. The SMILES string of the molecule is CC(=O)c1cccc([N+](=O)[O-])c1.CN(C)S(=O)(=O)n1cnc(C(C)(O)c2cccc([N+](=O)[O-])c2)c1. The Morgan fingerprint density at radius 3 is 2.11 bits per heavy atom. The van der Waals surface area contributed by atoms with Gasteiger partial charge < -0.3 is 5.11 Å². The maximum Gasteiger partial charge on any atom is 0.308 e. The normalized spacial score (nSPS) is 12.9. The Morgan fingerprint density at radius 1 is 1.06 bits per heavy atom. The number of rotatable bonds is 7. The molecule has 0 aliphatic heterocycles. The number of aliphatic hydroxyl groups is 1. The van der Waals surface area contributed by atoms with E-state index in [1.807, 2.05) is 0 Å². The van der Waals surface area contributed by atoms with Gasteiger partial charge in [0.25, 0.3) is 11.4 Å². The minimum Gasteiger partial charge on any atom is -0.379 e. The molecule has 0 aliphatic rings. The van der Waals surface area contributed by atoms with Crippen LogP contribution in [0.4, 0.5) is 11.4 Å². The molecule has 3 rings (SSSR count). The highest BCUT2D eigenvalue weighted by molar-refractivity contribution is 7.87. The Balaban J connectivity index is 0.000000303. The van der Waals surface area contributed by atoms with E-state index in [1.54, 1.807) is 6.07 Å². The van der Waals surface area contributed by atoms with Crippen LogP contribution >= 0.6 is 0 Å². The minimum atomic E-state index is -3.75. The molecular weight excluding hydrogens is 482 g/mol. The number of non-ortho nitro benzene ring substituents is 2. The fourth-order valence-corrected chi connectivity index (χ4v) is 3.56. The van der Waals surface area contributed by atoms with Gasteiger partial charge in [0.05, 0.1) is 15.5 Å². The fraction of sp³-hybridized carbons (Fsp3) is 0.238. The zero-order valence-electron chi connectivity index (χ0n) is 19.2. The number of hydrogen-bond acceptors (Lipinski definition) is 9. The van der Waals surface area contributed by atoms with Gasteiger partial charge in [-0.15, -0.1) is 0 Å². The summed E-state index contributed by atoms with van der Waals surface area (Å²) in [6.07, 6.45) is 2.24. The van der Waals surface area contributed by atoms with E-state index in [4.69, 9.17) is 0 Å². The van der Waals surface area contributed by atoms with Gasteiger partial charge in [0.2, 0.25) is 0 Å². The fourth-order valence-electron chi connectivity index (χ4n) is 2.78. The molecule has 13 nitrogen and oxygen atoms in total. The number of hydrogen-bond donors (Lipinski definition) is 1. The number of carbonyl (C=O) groups excluding carboxylic acids is 1. The van der Waals surface area contributed by atoms with Crippen LogP contribution in [0, 0.1) is 20.2 Å². The van der Waals surface area contributed by atoms with Gasteiger partial charge in [0, 0.05) is 50.1 Å². The molecule has 0 radical (unpaired) electrons. The number of ketones is 1. The molecule has 14 heteroatoms.